The maximum absolute atomic E-state index is 5.48. The van der Waals surface area contributed by atoms with Crippen LogP contribution in [0.5, 0.6) is 0 Å². The van der Waals surface area contributed by atoms with Gasteiger partial charge in [0.15, 0.2) is 0 Å². The van der Waals surface area contributed by atoms with E-state index in [9.17, 15) is 0 Å². The first-order valence-corrected chi connectivity index (χ1v) is 6.09. The van der Waals surface area contributed by atoms with Crippen molar-refractivity contribution in [2.75, 3.05) is 46.9 Å². The van der Waals surface area contributed by atoms with Crippen molar-refractivity contribution in [2.24, 2.45) is 0 Å². The minimum absolute atomic E-state index is 0.633. The number of hydrazine groups is 1. The maximum Gasteiger partial charge on any atom is 0.0637 e. The summed E-state index contributed by atoms with van der Waals surface area (Å²) in [5.41, 5.74) is 0. The van der Waals surface area contributed by atoms with Crippen molar-refractivity contribution in [1.29, 1.82) is 0 Å². The highest BCUT2D eigenvalue weighted by atomic mass is 16.5. The first kappa shape index (κ1) is 12.0. The smallest absolute Gasteiger partial charge is 0.0637 e. The third-order valence-corrected chi connectivity index (χ3v) is 3.55. The highest BCUT2D eigenvalue weighted by Crippen LogP contribution is 2.31. The summed E-state index contributed by atoms with van der Waals surface area (Å²) in [4.78, 5) is 2.29. The predicted molar refractivity (Wildman–Crippen MR) is 65.2 cm³/mol. The molecule has 2 atom stereocenters. The van der Waals surface area contributed by atoms with Crippen LogP contribution in [0.3, 0.4) is 0 Å². The lowest BCUT2D eigenvalue weighted by Gasteiger charge is -2.55. The van der Waals surface area contributed by atoms with Gasteiger partial charge in [0.25, 0.3) is 0 Å². The van der Waals surface area contributed by atoms with Gasteiger partial charge >= 0.3 is 0 Å². The van der Waals surface area contributed by atoms with Crippen LogP contribution in [0.25, 0.3) is 0 Å². The zero-order valence-electron chi connectivity index (χ0n) is 10.4. The molecule has 0 spiro atoms. The Morgan fingerprint density at radius 3 is 2.56 bits per heavy atom. The number of morpholine rings is 1. The summed E-state index contributed by atoms with van der Waals surface area (Å²) in [6.07, 6.45) is 3.26. The van der Waals surface area contributed by atoms with E-state index >= 15 is 0 Å². The van der Waals surface area contributed by atoms with E-state index in [4.69, 9.17) is 4.74 Å². The molecule has 4 nitrogen and oxygen atoms in total. The zero-order chi connectivity index (χ0) is 11.5. The van der Waals surface area contributed by atoms with Gasteiger partial charge in [-0.1, -0.05) is 6.08 Å². The maximum atomic E-state index is 5.48. The number of fused-ring (bicyclic) bond motifs is 2. The van der Waals surface area contributed by atoms with Crippen LogP contribution in [-0.4, -0.2) is 73.9 Å². The molecule has 0 amide bonds. The number of likely N-dealkylation sites (N-methyl/N-ethyl adjacent to an activating group) is 2. The Bertz CT molecular complexity index is 232. The summed E-state index contributed by atoms with van der Waals surface area (Å²) >= 11 is 0. The molecule has 0 aliphatic carbocycles. The highest BCUT2D eigenvalue weighted by Gasteiger charge is 2.44. The van der Waals surface area contributed by atoms with E-state index in [0.29, 0.717) is 12.1 Å². The Hall–Kier alpha value is -0.420. The molecule has 0 aromatic heterocycles. The molecule has 0 aromatic rings. The molecule has 16 heavy (non-hydrogen) atoms. The molecule has 0 radical (unpaired) electrons. The average molecular weight is 225 g/mol. The van der Waals surface area contributed by atoms with Crippen molar-refractivity contribution >= 4 is 0 Å². The van der Waals surface area contributed by atoms with Gasteiger partial charge in [-0.05, 0) is 13.5 Å². The molecule has 0 aromatic carbocycles. The molecular formula is C12H23N3O. The predicted octanol–water partition coefficient (Wildman–Crippen LogP) is 0.424. The van der Waals surface area contributed by atoms with Crippen molar-refractivity contribution < 1.29 is 4.74 Å². The molecule has 3 fully saturated rings. The summed E-state index contributed by atoms with van der Waals surface area (Å²) in [5.74, 6) is 0. The lowest BCUT2D eigenvalue weighted by Crippen LogP contribution is -2.68. The molecule has 3 saturated heterocycles. The second kappa shape index (κ2) is 5.27. The lowest BCUT2D eigenvalue weighted by molar-refractivity contribution is -0.221. The Balaban J connectivity index is 1.71. The van der Waals surface area contributed by atoms with E-state index in [1.807, 2.05) is 6.08 Å². The third-order valence-electron chi connectivity index (χ3n) is 3.55. The van der Waals surface area contributed by atoms with Gasteiger partial charge in [-0.3, -0.25) is 0 Å². The molecule has 3 rings (SSSR count). The van der Waals surface area contributed by atoms with Crippen LogP contribution in [0.15, 0.2) is 12.7 Å². The Kier molecular flexibility index (Phi) is 3.97. The van der Waals surface area contributed by atoms with E-state index in [0.717, 1.165) is 32.8 Å². The summed E-state index contributed by atoms with van der Waals surface area (Å²) < 4.78 is 5.48. The molecule has 3 aliphatic heterocycles. The van der Waals surface area contributed by atoms with Crippen molar-refractivity contribution in [2.45, 2.75) is 18.5 Å². The van der Waals surface area contributed by atoms with Gasteiger partial charge in [0, 0.05) is 38.8 Å². The number of rotatable bonds is 6. The molecule has 2 bridgehead atoms. The average Bonchev–Trinajstić information content (AvgIpc) is 2.28. The van der Waals surface area contributed by atoms with E-state index in [1.54, 1.807) is 0 Å². The van der Waals surface area contributed by atoms with Crippen LogP contribution in [0.2, 0.25) is 0 Å². The lowest BCUT2D eigenvalue weighted by atomic mass is 9.94. The van der Waals surface area contributed by atoms with Gasteiger partial charge in [0.1, 0.15) is 0 Å². The number of hydrogen-bond acceptors (Lipinski definition) is 4. The topological polar surface area (TPSA) is 19.0 Å². The minimum atomic E-state index is 0.633. The van der Waals surface area contributed by atoms with E-state index < -0.39 is 0 Å². The Labute approximate surface area is 98.4 Å². The molecule has 0 N–H and O–H groups in total. The monoisotopic (exact) mass is 225 g/mol. The zero-order valence-corrected chi connectivity index (χ0v) is 10.4. The van der Waals surface area contributed by atoms with Crippen LogP contribution >= 0.6 is 0 Å². The van der Waals surface area contributed by atoms with E-state index in [2.05, 4.69) is 35.6 Å². The summed E-state index contributed by atoms with van der Waals surface area (Å²) in [6.45, 7) is 8.69. The van der Waals surface area contributed by atoms with Gasteiger partial charge < -0.3 is 9.64 Å². The number of nitrogens with zero attached hydrogens (tertiary/aromatic N) is 3. The molecule has 3 heterocycles. The first-order chi connectivity index (χ1) is 7.72. The minimum Gasteiger partial charge on any atom is -0.378 e. The number of hydrogen-bond donors (Lipinski definition) is 0. The van der Waals surface area contributed by atoms with Crippen LogP contribution in [0, 0.1) is 0 Å². The second-order valence-corrected chi connectivity index (χ2v) is 4.89. The van der Waals surface area contributed by atoms with Gasteiger partial charge in [-0.25, -0.2) is 10.0 Å². The quantitative estimate of drug-likeness (QED) is 0.610. The Morgan fingerprint density at radius 2 is 2.00 bits per heavy atom. The summed E-state index contributed by atoms with van der Waals surface area (Å²) in [6, 6.07) is 1.27. The normalized spacial score (nSPS) is 29.5. The van der Waals surface area contributed by atoms with Crippen molar-refractivity contribution in [3.05, 3.63) is 12.7 Å². The molecule has 4 heteroatoms. The SMILES string of the molecule is C=CCN(C)CCN(C)N1C2COCC1C2. The summed E-state index contributed by atoms with van der Waals surface area (Å²) in [5, 5.41) is 4.85. The highest BCUT2D eigenvalue weighted by molar-refractivity contribution is 4.94. The first-order valence-electron chi connectivity index (χ1n) is 6.09. The van der Waals surface area contributed by atoms with Gasteiger partial charge in [0.2, 0.25) is 0 Å². The van der Waals surface area contributed by atoms with E-state index in [-0.39, 0.29) is 0 Å². The Morgan fingerprint density at radius 1 is 1.31 bits per heavy atom. The van der Waals surface area contributed by atoms with Crippen LogP contribution in [0.4, 0.5) is 0 Å². The fourth-order valence-electron chi connectivity index (χ4n) is 2.62. The molecule has 3 aliphatic rings. The van der Waals surface area contributed by atoms with Crippen LogP contribution in [-0.2, 0) is 4.74 Å². The van der Waals surface area contributed by atoms with Crippen molar-refractivity contribution in [3.63, 3.8) is 0 Å². The third kappa shape index (κ3) is 2.46. The van der Waals surface area contributed by atoms with E-state index in [1.165, 1.54) is 6.42 Å². The fourth-order valence-corrected chi connectivity index (χ4v) is 2.62. The fraction of sp³-hybridized carbons (Fsp3) is 0.833. The molecular weight excluding hydrogens is 202 g/mol. The van der Waals surface area contributed by atoms with Gasteiger partial charge in [-0.15, -0.1) is 6.58 Å². The van der Waals surface area contributed by atoms with Crippen molar-refractivity contribution in [1.82, 2.24) is 14.9 Å². The largest absolute Gasteiger partial charge is 0.378 e. The second-order valence-electron chi connectivity index (χ2n) is 4.89. The number of ether oxygens (including phenoxy) is 1. The van der Waals surface area contributed by atoms with Crippen molar-refractivity contribution in [3.8, 4) is 0 Å². The van der Waals surface area contributed by atoms with Crippen LogP contribution < -0.4 is 0 Å². The van der Waals surface area contributed by atoms with Crippen LogP contribution in [0.1, 0.15) is 6.42 Å². The van der Waals surface area contributed by atoms with Gasteiger partial charge in [-0.2, -0.15) is 0 Å². The molecule has 92 valence electrons. The summed E-state index contributed by atoms with van der Waals surface area (Å²) in [7, 11) is 4.32. The molecule has 0 saturated carbocycles. The van der Waals surface area contributed by atoms with Gasteiger partial charge in [0.05, 0.1) is 13.2 Å². The standard InChI is InChI=1S/C12H23N3O/c1-4-5-13(2)6-7-14(3)15-11-8-12(15)10-16-9-11/h4,11-12H,1,5-10H2,2-3H3. The molecule has 2 unspecified atom stereocenters.